The number of pyridine rings is 1. The van der Waals surface area contributed by atoms with E-state index in [4.69, 9.17) is 9.16 Å². The van der Waals surface area contributed by atoms with Gasteiger partial charge in [0, 0.05) is 30.1 Å². The number of imidazole rings is 1. The standard InChI is InChI=1S/C34H43N3O4Si/c1-23-10-13-27(14-11-23)31(21-41-42(8,9)34(4,5)6)37-20-29(33(39)40-7)18-28(32(37)38)17-26-12-15-30(24(2)16-26)36-19-25(3)35-22-36/h10-16,18-20,22,31H,17,21H2,1-9H3. The van der Waals surface area contributed by atoms with E-state index >= 15 is 0 Å². The molecule has 7 nitrogen and oxygen atoms in total. The summed E-state index contributed by atoms with van der Waals surface area (Å²) < 4.78 is 15.4. The zero-order valence-electron chi connectivity index (χ0n) is 26.3. The van der Waals surface area contributed by atoms with Crippen molar-refractivity contribution < 1.29 is 14.0 Å². The van der Waals surface area contributed by atoms with Crippen molar-refractivity contribution in [1.82, 2.24) is 14.1 Å². The number of benzene rings is 2. The summed E-state index contributed by atoms with van der Waals surface area (Å²) in [5.41, 5.74) is 6.79. The van der Waals surface area contributed by atoms with Gasteiger partial charge in [0.2, 0.25) is 0 Å². The van der Waals surface area contributed by atoms with Crippen LogP contribution in [0.15, 0.2) is 72.0 Å². The Kier molecular flexibility index (Phi) is 9.08. The summed E-state index contributed by atoms with van der Waals surface area (Å²) >= 11 is 0. The SMILES string of the molecule is COC(=O)c1cc(Cc2ccc(-n3cnc(C)c3)c(C)c2)c(=O)n(C(CO[Si](C)(C)C(C)(C)C)c2ccc(C)cc2)c1. The van der Waals surface area contributed by atoms with Gasteiger partial charge in [0.15, 0.2) is 8.32 Å². The van der Waals surface area contributed by atoms with Crippen molar-refractivity contribution in [2.45, 2.75) is 72.1 Å². The van der Waals surface area contributed by atoms with Crippen molar-refractivity contribution >= 4 is 14.3 Å². The zero-order valence-corrected chi connectivity index (χ0v) is 27.3. The normalized spacial score (nSPS) is 12.8. The number of aryl methyl sites for hydroxylation is 3. The number of hydrogen-bond acceptors (Lipinski definition) is 5. The van der Waals surface area contributed by atoms with Crippen LogP contribution in [0.1, 0.15) is 70.7 Å². The first-order valence-corrected chi connectivity index (χ1v) is 17.3. The van der Waals surface area contributed by atoms with Gasteiger partial charge in [0.05, 0.1) is 37.3 Å². The third-order valence-corrected chi connectivity index (χ3v) is 12.9. The van der Waals surface area contributed by atoms with Gasteiger partial charge in [-0.15, -0.1) is 0 Å². The largest absolute Gasteiger partial charge is 0.465 e. The third-order valence-electron chi connectivity index (χ3n) is 8.39. The molecule has 0 N–H and O–H groups in total. The molecular weight excluding hydrogens is 542 g/mol. The second-order valence-corrected chi connectivity index (χ2v) is 17.5. The third kappa shape index (κ3) is 6.82. The van der Waals surface area contributed by atoms with Crippen LogP contribution in [-0.2, 0) is 15.6 Å². The Bertz CT molecular complexity index is 1630. The van der Waals surface area contributed by atoms with Gasteiger partial charge in [-0.3, -0.25) is 4.79 Å². The van der Waals surface area contributed by atoms with E-state index in [1.165, 1.54) is 7.11 Å². The Morgan fingerprint density at radius 2 is 1.69 bits per heavy atom. The van der Waals surface area contributed by atoms with Gasteiger partial charge < -0.3 is 18.3 Å². The van der Waals surface area contributed by atoms with Crippen LogP contribution in [0.25, 0.3) is 5.69 Å². The van der Waals surface area contributed by atoms with E-state index in [-0.39, 0.29) is 10.6 Å². The summed E-state index contributed by atoms with van der Waals surface area (Å²) in [6.45, 7) is 17.4. The molecule has 0 saturated heterocycles. The summed E-state index contributed by atoms with van der Waals surface area (Å²) in [6, 6.07) is 15.5. The molecule has 0 bridgehead atoms. The lowest BCUT2D eigenvalue weighted by molar-refractivity contribution is 0.0599. The fourth-order valence-corrected chi connectivity index (χ4v) is 5.78. The van der Waals surface area contributed by atoms with Crippen LogP contribution in [0.5, 0.6) is 0 Å². The van der Waals surface area contributed by atoms with Gasteiger partial charge in [-0.2, -0.15) is 0 Å². The highest BCUT2D eigenvalue weighted by molar-refractivity contribution is 6.74. The zero-order chi connectivity index (χ0) is 30.8. The average molecular weight is 586 g/mol. The summed E-state index contributed by atoms with van der Waals surface area (Å²) in [6.07, 6.45) is 5.77. The summed E-state index contributed by atoms with van der Waals surface area (Å²) in [4.78, 5) is 31.3. The average Bonchev–Trinajstić information content (AvgIpc) is 3.36. The molecule has 1 atom stereocenters. The van der Waals surface area contributed by atoms with E-state index in [0.717, 1.165) is 33.6 Å². The van der Waals surface area contributed by atoms with Gasteiger partial charge in [0.1, 0.15) is 0 Å². The smallest absolute Gasteiger partial charge is 0.339 e. The van der Waals surface area contributed by atoms with Crippen LogP contribution in [0, 0.1) is 20.8 Å². The van der Waals surface area contributed by atoms with Crippen LogP contribution >= 0.6 is 0 Å². The molecule has 0 spiro atoms. The predicted octanol–water partition coefficient (Wildman–Crippen LogP) is 6.95. The first kappa shape index (κ1) is 31.2. The number of nitrogens with zero attached hydrogens (tertiary/aromatic N) is 3. The molecule has 4 rings (SSSR count). The lowest BCUT2D eigenvalue weighted by Gasteiger charge is -2.37. The first-order valence-electron chi connectivity index (χ1n) is 14.3. The Hall–Kier alpha value is -3.75. The van der Waals surface area contributed by atoms with Crippen LogP contribution < -0.4 is 5.56 Å². The molecule has 0 aliphatic carbocycles. The molecule has 0 fully saturated rings. The number of carbonyl (C=O) groups is 1. The highest BCUT2D eigenvalue weighted by atomic mass is 28.4. The van der Waals surface area contributed by atoms with Crippen LogP contribution in [0.4, 0.5) is 0 Å². The van der Waals surface area contributed by atoms with Crippen LogP contribution in [0.2, 0.25) is 18.1 Å². The van der Waals surface area contributed by atoms with E-state index < -0.39 is 20.3 Å². The minimum atomic E-state index is -2.13. The fourth-order valence-electron chi connectivity index (χ4n) is 4.77. The van der Waals surface area contributed by atoms with E-state index in [9.17, 15) is 9.59 Å². The van der Waals surface area contributed by atoms with E-state index in [1.807, 2.05) is 67.9 Å². The molecule has 2 aromatic heterocycles. The predicted molar refractivity (Wildman–Crippen MR) is 170 cm³/mol. The number of rotatable bonds is 9. The molecule has 8 heteroatoms. The Morgan fingerprint density at radius 3 is 2.26 bits per heavy atom. The van der Waals surface area contributed by atoms with Gasteiger partial charge in [-0.1, -0.05) is 62.7 Å². The molecule has 42 heavy (non-hydrogen) atoms. The van der Waals surface area contributed by atoms with Crippen LogP contribution in [-0.4, -0.2) is 42.1 Å². The first-order chi connectivity index (χ1) is 19.7. The van der Waals surface area contributed by atoms with Crippen molar-refractivity contribution in [1.29, 1.82) is 0 Å². The molecule has 222 valence electrons. The minimum Gasteiger partial charge on any atom is -0.465 e. The second kappa shape index (κ2) is 12.2. The molecule has 0 radical (unpaired) electrons. The molecule has 2 aromatic carbocycles. The highest BCUT2D eigenvalue weighted by Crippen LogP contribution is 2.37. The van der Waals surface area contributed by atoms with Crippen molar-refractivity contribution in [3.05, 3.63) is 117 Å². The van der Waals surface area contributed by atoms with E-state index in [2.05, 4.69) is 44.9 Å². The van der Waals surface area contributed by atoms with Crippen molar-refractivity contribution in [3.8, 4) is 5.69 Å². The number of carbonyl (C=O) groups excluding carboxylic acids is 1. The fraction of sp³-hybridized carbons (Fsp3) is 0.382. The number of methoxy groups -OCH3 is 1. The monoisotopic (exact) mass is 585 g/mol. The summed E-state index contributed by atoms with van der Waals surface area (Å²) in [5.74, 6) is -0.486. The number of esters is 1. The number of ether oxygens (including phenoxy) is 1. The second-order valence-electron chi connectivity index (χ2n) is 12.7. The molecule has 0 saturated carbocycles. The maximum Gasteiger partial charge on any atom is 0.339 e. The Balaban J connectivity index is 1.79. The highest BCUT2D eigenvalue weighted by Gasteiger charge is 2.38. The lowest BCUT2D eigenvalue weighted by Crippen LogP contribution is -2.43. The Morgan fingerprint density at radius 1 is 1.00 bits per heavy atom. The minimum absolute atomic E-state index is 0.00818. The van der Waals surface area contributed by atoms with Gasteiger partial charge in [-0.05, 0) is 67.7 Å². The van der Waals surface area contributed by atoms with Crippen LogP contribution in [0.3, 0.4) is 0 Å². The quantitative estimate of drug-likeness (QED) is 0.157. The topological polar surface area (TPSA) is 75.4 Å². The molecule has 0 aliphatic rings. The van der Waals surface area contributed by atoms with Crippen molar-refractivity contribution in [2.24, 2.45) is 0 Å². The van der Waals surface area contributed by atoms with E-state index in [1.54, 1.807) is 23.2 Å². The molecule has 4 aromatic rings. The van der Waals surface area contributed by atoms with Crippen molar-refractivity contribution in [2.75, 3.05) is 13.7 Å². The van der Waals surface area contributed by atoms with E-state index in [0.29, 0.717) is 24.2 Å². The number of hydrogen-bond donors (Lipinski definition) is 0. The molecule has 2 heterocycles. The van der Waals surface area contributed by atoms with Gasteiger partial charge >= 0.3 is 5.97 Å². The number of aromatic nitrogens is 3. The molecule has 0 aliphatic heterocycles. The van der Waals surface area contributed by atoms with Gasteiger partial charge in [-0.25, -0.2) is 9.78 Å². The lowest BCUT2D eigenvalue weighted by atomic mass is 10.0. The Labute approximate surface area is 250 Å². The summed E-state index contributed by atoms with van der Waals surface area (Å²) in [5, 5.41) is 0.00818. The molecule has 0 amide bonds. The maximum atomic E-state index is 14.2. The maximum absolute atomic E-state index is 14.2. The molecular formula is C34H43N3O4Si. The van der Waals surface area contributed by atoms with Crippen molar-refractivity contribution in [3.63, 3.8) is 0 Å². The summed E-state index contributed by atoms with van der Waals surface area (Å²) in [7, 11) is -0.774. The van der Waals surface area contributed by atoms with Gasteiger partial charge in [0.25, 0.3) is 5.56 Å². The molecule has 1 unspecified atom stereocenters.